The molecule has 0 bridgehead atoms. The van der Waals surface area contributed by atoms with Crippen molar-refractivity contribution >= 4 is 28.9 Å². The first-order valence-electron chi connectivity index (χ1n) is 8.09. The molecule has 7 nitrogen and oxygen atoms in total. The van der Waals surface area contributed by atoms with Gasteiger partial charge in [-0.1, -0.05) is 35.9 Å². The van der Waals surface area contributed by atoms with Crippen molar-refractivity contribution in [2.24, 2.45) is 0 Å². The Labute approximate surface area is 154 Å². The van der Waals surface area contributed by atoms with E-state index in [0.717, 1.165) is 11.5 Å². The molecule has 1 aromatic carbocycles. The second-order valence-corrected chi connectivity index (χ2v) is 6.87. The molecular formula is C18H18N4O3S. The van der Waals surface area contributed by atoms with Crippen molar-refractivity contribution in [3.8, 4) is 0 Å². The highest BCUT2D eigenvalue weighted by Crippen LogP contribution is 2.18. The molecule has 0 saturated heterocycles. The van der Waals surface area contributed by atoms with Crippen molar-refractivity contribution in [2.45, 2.75) is 12.7 Å². The third kappa shape index (κ3) is 4.02. The average Bonchev–Trinajstić information content (AvgIpc) is 2.63. The fraction of sp³-hybridized carbons (Fsp3) is 0.222. The number of nitrogens with one attached hydrogen (secondary N) is 1. The Morgan fingerprint density at radius 1 is 1.23 bits per heavy atom. The number of aryl methyl sites for hydroxylation is 1. The van der Waals surface area contributed by atoms with Crippen LogP contribution in [-0.2, 0) is 5.75 Å². The Hall–Kier alpha value is -2.87. The highest BCUT2D eigenvalue weighted by molar-refractivity contribution is 7.98. The van der Waals surface area contributed by atoms with Crippen LogP contribution in [0, 0.1) is 17.0 Å². The third-order valence-electron chi connectivity index (χ3n) is 3.82. The molecule has 2 heterocycles. The van der Waals surface area contributed by atoms with Crippen molar-refractivity contribution < 1.29 is 4.92 Å². The molecule has 2 aromatic heterocycles. The molecule has 0 aliphatic carbocycles. The maximum atomic E-state index is 12.3. The van der Waals surface area contributed by atoms with Crippen LogP contribution in [0.2, 0.25) is 0 Å². The summed E-state index contributed by atoms with van der Waals surface area (Å²) < 4.78 is 1.18. The number of hydrogen-bond donors (Lipinski definition) is 1. The molecule has 3 aromatic rings. The lowest BCUT2D eigenvalue weighted by Crippen LogP contribution is -2.21. The number of fused-ring (bicyclic) bond motifs is 1. The fourth-order valence-corrected chi connectivity index (χ4v) is 3.30. The lowest BCUT2D eigenvalue weighted by atomic mass is 10.2. The van der Waals surface area contributed by atoms with Crippen LogP contribution in [0.15, 0.2) is 53.5 Å². The fourth-order valence-electron chi connectivity index (χ4n) is 2.48. The highest BCUT2D eigenvalue weighted by atomic mass is 32.2. The summed E-state index contributed by atoms with van der Waals surface area (Å²) in [5, 5.41) is 14.2. The Bertz CT molecular complexity index is 986. The number of anilines is 1. The first-order valence-corrected chi connectivity index (χ1v) is 9.24. The monoisotopic (exact) mass is 370 g/mol. The summed E-state index contributed by atoms with van der Waals surface area (Å²) in [6, 6.07) is 13.3. The molecule has 0 fully saturated rings. The van der Waals surface area contributed by atoms with E-state index in [0.29, 0.717) is 12.2 Å². The molecule has 0 aliphatic heterocycles. The normalized spacial score (nSPS) is 10.8. The summed E-state index contributed by atoms with van der Waals surface area (Å²) in [6.45, 7) is 2.53. The Balaban J connectivity index is 1.66. The number of benzene rings is 1. The van der Waals surface area contributed by atoms with Crippen LogP contribution < -0.4 is 10.9 Å². The molecule has 0 spiro atoms. The van der Waals surface area contributed by atoms with Crippen molar-refractivity contribution in [3.05, 3.63) is 80.3 Å². The van der Waals surface area contributed by atoms with Crippen LogP contribution in [0.5, 0.6) is 0 Å². The van der Waals surface area contributed by atoms with Gasteiger partial charge in [-0.2, -0.15) is 11.8 Å². The number of thioether (sulfide) groups is 1. The topological polar surface area (TPSA) is 89.5 Å². The largest absolute Gasteiger partial charge is 0.376 e. The summed E-state index contributed by atoms with van der Waals surface area (Å²) in [4.78, 5) is 27.2. The van der Waals surface area contributed by atoms with Gasteiger partial charge in [-0.25, -0.2) is 4.98 Å². The maximum Gasteiger partial charge on any atom is 0.376 e. The predicted octanol–water partition coefficient (Wildman–Crippen LogP) is 3.26. The predicted molar refractivity (Wildman–Crippen MR) is 104 cm³/mol. The van der Waals surface area contributed by atoms with E-state index in [-0.39, 0.29) is 5.82 Å². The first kappa shape index (κ1) is 17.9. The number of nitrogens with zero attached hydrogens (tertiary/aromatic N) is 3. The summed E-state index contributed by atoms with van der Waals surface area (Å²) in [7, 11) is 0. The Morgan fingerprint density at radius 3 is 2.73 bits per heavy atom. The van der Waals surface area contributed by atoms with Gasteiger partial charge in [0.15, 0.2) is 0 Å². The molecule has 1 N–H and O–H groups in total. The molecule has 0 unspecified atom stereocenters. The summed E-state index contributed by atoms with van der Waals surface area (Å²) in [5.74, 6) is 1.61. The zero-order chi connectivity index (χ0) is 18.5. The Morgan fingerprint density at radius 2 is 2.00 bits per heavy atom. The standard InChI is InChI=1S/C18H18N4O3S/c1-13-5-7-14(8-6-13)12-26-11-9-19-17-16(22(24)25)18(23)21-10-3-2-4-15(21)20-17/h2-8,10,19H,9,11-12H2,1H3. The highest BCUT2D eigenvalue weighted by Gasteiger charge is 2.22. The second-order valence-electron chi connectivity index (χ2n) is 5.77. The molecule has 134 valence electrons. The molecule has 0 amide bonds. The van der Waals surface area contributed by atoms with Crippen LogP contribution in [0.1, 0.15) is 11.1 Å². The second kappa shape index (κ2) is 8.01. The number of nitro groups is 1. The number of aromatic nitrogens is 2. The summed E-state index contributed by atoms with van der Waals surface area (Å²) >= 11 is 1.71. The van der Waals surface area contributed by atoms with E-state index in [9.17, 15) is 14.9 Å². The Kier molecular flexibility index (Phi) is 5.52. The van der Waals surface area contributed by atoms with Gasteiger partial charge in [0.2, 0.25) is 5.82 Å². The molecule has 3 rings (SSSR count). The van der Waals surface area contributed by atoms with Crippen molar-refractivity contribution in [1.29, 1.82) is 0 Å². The maximum absolute atomic E-state index is 12.3. The minimum Gasteiger partial charge on any atom is -0.363 e. The molecular weight excluding hydrogens is 352 g/mol. The van der Waals surface area contributed by atoms with E-state index in [4.69, 9.17) is 0 Å². The van der Waals surface area contributed by atoms with Crippen molar-refractivity contribution in [3.63, 3.8) is 0 Å². The first-order chi connectivity index (χ1) is 12.6. The van der Waals surface area contributed by atoms with Gasteiger partial charge in [0.1, 0.15) is 5.65 Å². The van der Waals surface area contributed by atoms with E-state index in [1.165, 1.54) is 21.7 Å². The smallest absolute Gasteiger partial charge is 0.363 e. The van der Waals surface area contributed by atoms with Crippen LogP contribution in [0.3, 0.4) is 0 Å². The van der Waals surface area contributed by atoms with Gasteiger partial charge in [0.05, 0.1) is 4.92 Å². The molecule has 0 radical (unpaired) electrons. The quantitative estimate of drug-likeness (QED) is 0.390. The van der Waals surface area contributed by atoms with Gasteiger partial charge in [-0.3, -0.25) is 19.3 Å². The van der Waals surface area contributed by atoms with Gasteiger partial charge in [-0.05, 0) is 24.6 Å². The molecule has 0 saturated carbocycles. The zero-order valence-corrected chi connectivity index (χ0v) is 15.0. The van der Waals surface area contributed by atoms with Gasteiger partial charge >= 0.3 is 11.2 Å². The van der Waals surface area contributed by atoms with Crippen LogP contribution in [0.25, 0.3) is 5.65 Å². The third-order valence-corrected chi connectivity index (χ3v) is 4.85. The van der Waals surface area contributed by atoms with E-state index >= 15 is 0 Å². The molecule has 26 heavy (non-hydrogen) atoms. The number of hydrogen-bond acceptors (Lipinski definition) is 6. The van der Waals surface area contributed by atoms with E-state index in [1.54, 1.807) is 30.0 Å². The molecule has 0 atom stereocenters. The van der Waals surface area contributed by atoms with Gasteiger partial charge in [0, 0.05) is 24.2 Å². The molecule has 8 heteroatoms. The minimum absolute atomic E-state index is 0.0159. The van der Waals surface area contributed by atoms with Gasteiger partial charge < -0.3 is 5.32 Å². The number of rotatable bonds is 7. The zero-order valence-electron chi connectivity index (χ0n) is 14.2. The number of pyridine rings is 1. The van der Waals surface area contributed by atoms with E-state index in [2.05, 4.69) is 34.6 Å². The lowest BCUT2D eigenvalue weighted by Gasteiger charge is -2.08. The summed E-state index contributed by atoms with van der Waals surface area (Å²) in [6.07, 6.45) is 1.47. The molecule has 0 aliphatic rings. The summed E-state index contributed by atoms with van der Waals surface area (Å²) in [5.41, 5.74) is 1.61. The van der Waals surface area contributed by atoms with Gasteiger partial charge in [-0.15, -0.1) is 0 Å². The van der Waals surface area contributed by atoms with Crippen molar-refractivity contribution in [2.75, 3.05) is 17.6 Å². The van der Waals surface area contributed by atoms with Crippen molar-refractivity contribution in [1.82, 2.24) is 9.38 Å². The van der Waals surface area contributed by atoms with Crippen LogP contribution >= 0.6 is 11.8 Å². The van der Waals surface area contributed by atoms with Gasteiger partial charge in [0.25, 0.3) is 0 Å². The van der Waals surface area contributed by atoms with Crippen LogP contribution in [0.4, 0.5) is 11.5 Å². The van der Waals surface area contributed by atoms with Crippen LogP contribution in [-0.4, -0.2) is 26.6 Å². The van der Waals surface area contributed by atoms with E-state index < -0.39 is 16.2 Å². The van der Waals surface area contributed by atoms with E-state index in [1.807, 2.05) is 6.92 Å². The average molecular weight is 370 g/mol. The lowest BCUT2D eigenvalue weighted by molar-refractivity contribution is -0.385. The minimum atomic E-state index is -0.685. The SMILES string of the molecule is Cc1ccc(CSCCNc2nc3ccccn3c(=O)c2[N+](=O)[O-])cc1.